The van der Waals surface area contributed by atoms with E-state index in [0.29, 0.717) is 18.6 Å². The highest BCUT2D eigenvalue weighted by molar-refractivity contribution is 5.88. The summed E-state index contributed by atoms with van der Waals surface area (Å²) in [5.41, 5.74) is 4.13. The maximum atomic E-state index is 14.8. The molecule has 4 rings (SSSR count). The van der Waals surface area contributed by atoms with E-state index < -0.39 is 11.9 Å². The largest absolute Gasteiger partial charge is 0.389 e. The van der Waals surface area contributed by atoms with E-state index in [2.05, 4.69) is 39.0 Å². The first-order valence-corrected chi connectivity index (χ1v) is 10.9. The third kappa shape index (κ3) is 4.72. The average Bonchev–Trinajstić information content (AvgIpc) is 2.75. The van der Waals surface area contributed by atoms with Crippen molar-refractivity contribution in [1.29, 1.82) is 0 Å². The third-order valence-corrected chi connectivity index (χ3v) is 5.71. The molecule has 3 heterocycles. The number of nitrogens with zero attached hydrogens (tertiary/aromatic N) is 4. The Kier molecular flexibility index (Phi) is 6.64. The highest BCUT2D eigenvalue weighted by Crippen LogP contribution is 2.32. The molecule has 7 nitrogen and oxygen atoms in total. The zero-order valence-electron chi connectivity index (χ0n) is 19.0. The van der Waals surface area contributed by atoms with E-state index in [-0.39, 0.29) is 30.2 Å². The Balaban J connectivity index is 1.75. The fourth-order valence-electron chi connectivity index (χ4n) is 4.25. The van der Waals surface area contributed by atoms with E-state index in [0.717, 1.165) is 23.0 Å². The van der Waals surface area contributed by atoms with Crippen LogP contribution in [0.15, 0.2) is 30.6 Å². The van der Waals surface area contributed by atoms with Gasteiger partial charge in [-0.3, -0.25) is 4.98 Å². The van der Waals surface area contributed by atoms with E-state index in [1.807, 2.05) is 38.5 Å². The van der Waals surface area contributed by atoms with Gasteiger partial charge >= 0.3 is 0 Å². The summed E-state index contributed by atoms with van der Waals surface area (Å²) in [5.74, 6) is 0.0788. The molecule has 0 saturated carbocycles. The van der Waals surface area contributed by atoms with E-state index >= 15 is 0 Å². The maximum absolute atomic E-state index is 14.8. The minimum absolute atomic E-state index is 0.221. The lowest BCUT2D eigenvalue weighted by molar-refractivity contribution is -0.0136. The number of hydrogen-bond acceptors (Lipinski definition) is 7. The van der Waals surface area contributed by atoms with Gasteiger partial charge in [0.1, 0.15) is 5.69 Å². The first-order valence-electron chi connectivity index (χ1n) is 10.9. The molecular formula is C24H30FN5O2. The Morgan fingerprint density at radius 1 is 1.25 bits per heavy atom. The van der Waals surface area contributed by atoms with Crippen molar-refractivity contribution >= 4 is 16.9 Å². The van der Waals surface area contributed by atoms with Gasteiger partial charge in [-0.25, -0.2) is 14.4 Å². The van der Waals surface area contributed by atoms with Crippen molar-refractivity contribution < 1.29 is 14.2 Å². The second-order valence-corrected chi connectivity index (χ2v) is 8.89. The van der Waals surface area contributed by atoms with E-state index in [1.54, 1.807) is 0 Å². The van der Waals surface area contributed by atoms with Gasteiger partial charge < -0.3 is 20.1 Å². The molecule has 0 radical (unpaired) electrons. The van der Waals surface area contributed by atoms with Crippen molar-refractivity contribution in [2.75, 3.05) is 32.6 Å². The summed E-state index contributed by atoms with van der Waals surface area (Å²) in [7, 11) is 4.07. The smallest absolute Gasteiger partial charge is 0.223 e. The Labute approximate surface area is 187 Å². The fourth-order valence-corrected chi connectivity index (χ4v) is 4.25. The van der Waals surface area contributed by atoms with E-state index in [4.69, 9.17) is 4.74 Å². The van der Waals surface area contributed by atoms with Crippen LogP contribution in [-0.2, 0) is 11.3 Å². The summed E-state index contributed by atoms with van der Waals surface area (Å²) in [5, 5.41) is 14.3. The number of hydrogen-bond donors (Lipinski definition) is 2. The number of pyridine rings is 1. The predicted octanol–water partition coefficient (Wildman–Crippen LogP) is 3.58. The van der Waals surface area contributed by atoms with Gasteiger partial charge in [-0.1, -0.05) is 19.9 Å². The van der Waals surface area contributed by atoms with Gasteiger partial charge in [-0.2, -0.15) is 0 Å². The third-order valence-electron chi connectivity index (χ3n) is 5.71. The van der Waals surface area contributed by atoms with Crippen LogP contribution in [0.4, 0.5) is 10.3 Å². The van der Waals surface area contributed by atoms with Gasteiger partial charge in [0.25, 0.3) is 0 Å². The average molecular weight is 440 g/mol. The summed E-state index contributed by atoms with van der Waals surface area (Å²) in [6, 6.07) is 5.48. The molecule has 8 heteroatoms. The number of anilines is 1. The lowest BCUT2D eigenvalue weighted by atomic mass is 9.92. The van der Waals surface area contributed by atoms with Crippen LogP contribution >= 0.6 is 0 Å². The molecule has 2 atom stereocenters. The Morgan fingerprint density at radius 2 is 2.06 bits per heavy atom. The van der Waals surface area contributed by atoms with Gasteiger partial charge in [0, 0.05) is 30.3 Å². The first kappa shape index (κ1) is 22.5. The molecule has 1 aromatic carbocycles. The number of aliphatic hydroxyl groups excluding tert-OH is 1. The number of ether oxygens (including phenoxy) is 1. The van der Waals surface area contributed by atoms with Crippen LogP contribution in [-0.4, -0.2) is 64.4 Å². The lowest BCUT2D eigenvalue weighted by Crippen LogP contribution is -2.42. The number of aromatic nitrogens is 3. The molecule has 170 valence electrons. The minimum atomic E-state index is -0.656. The van der Waals surface area contributed by atoms with Crippen LogP contribution in [0, 0.1) is 5.82 Å². The summed E-state index contributed by atoms with van der Waals surface area (Å²) < 4.78 is 20.0. The van der Waals surface area contributed by atoms with Crippen molar-refractivity contribution in [2.45, 2.75) is 44.9 Å². The molecule has 1 saturated heterocycles. The predicted molar refractivity (Wildman–Crippen MR) is 123 cm³/mol. The van der Waals surface area contributed by atoms with E-state index in [9.17, 15) is 9.50 Å². The molecule has 1 aliphatic heterocycles. The zero-order valence-corrected chi connectivity index (χ0v) is 19.0. The Morgan fingerprint density at radius 3 is 2.78 bits per heavy atom. The second-order valence-electron chi connectivity index (χ2n) is 8.89. The van der Waals surface area contributed by atoms with Crippen LogP contribution < -0.4 is 5.32 Å². The van der Waals surface area contributed by atoms with Crippen molar-refractivity contribution in [1.82, 2.24) is 19.9 Å². The van der Waals surface area contributed by atoms with Gasteiger partial charge in [0.05, 0.1) is 30.5 Å². The molecule has 0 unspecified atom stereocenters. The Bertz CT molecular complexity index is 1110. The van der Waals surface area contributed by atoms with Gasteiger partial charge in [0.15, 0.2) is 5.82 Å². The first-order chi connectivity index (χ1) is 15.3. The summed E-state index contributed by atoms with van der Waals surface area (Å²) in [6.45, 7) is 5.91. The molecule has 1 aliphatic rings. The number of aliphatic hydroxyl groups is 1. The van der Waals surface area contributed by atoms with Crippen molar-refractivity contribution in [3.63, 3.8) is 0 Å². The highest BCUT2D eigenvalue weighted by Gasteiger charge is 2.25. The monoisotopic (exact) mass is 439 g/mol. The number of halogens is 1. The number of benzene rings is 1. The van der Waals surface area contributed by atoms with Crippen molar-refractivity contribution in [3.05, 3.63) is 47.5 Å². The summed E-state index contributed by atoms with van der Waals surface area (Å²) in [4.78, 5) is 15.3. The number of nitrogens with one attached hydrogen (secondary N) is 1. The lowest BCUT2D eigenvalue weighted by Gasteiger charge is -2.28. The van der Waals surface area contributed by atoms with Gasteiger partial charge in [-0.15, -0.1) is 0 Å². The van der Waals surface area contributed by atoms with Crippen LogP contribution in [0.1, 0.15) is 37.3 Å². The van der Waals surface area contributed by atoms with Crippen LogP contribution in [0.2, 0.25) is 0 Å². The molecule has 0 aliphatic carbocycles. The summed E-state index contributed by atoms with van der Waals surface area (Å²) >= 11 is 0. The maximum Gasteiger partial charge on any atom is 0.223 e. The van der Waals surface area contributed by atoms with Crippen molar-refractivity contribution in [3.8, 4) is 11.3 Å². The van der Waals surface area contributed by atoms with E-state index in [1.165, 1.54) is 11.8 Å². The molecule has 0 spiro atoms. The van der Waals surface area contributed by atoms with Crippen LogP contribution in [0.3, 0.4) is 0 Å². The molecule has 0 bridgehead atoms. The molecule has 2 N–H and O–H groups in total. The highest BCUT2D eigenvalue weighted by atomic mass is 19.1. The fraction of sp³-hybridized carbons (Fsp3) is 0.458. The molecule has 0 amide bonds. The minimum Gasteiger partial charge on any atom is -0.389 e. The van der Waals surface area contributed by atoms with Crippen LogP contribution in [0.5, 0.6) is 0 Å². The second kappa shape index (κ2) is 9.44. The van der Waals surface area contributed by atoms with Crippen molar-refractivity contribution in [2.24, 2.45) is 0 Å². The molecule has 32 heavy (non-hydrogen) atoms. The Hall–Kier alpha value is -2.68. The summed E-state index contributed by atoms with van der Waals surface area (Å²) in [6.07, 6.45) is 3.08. The normalized spacial score (nSPS) is 19.1. The van der Waals surface area contributed by atoms with Gasteiger partial charge in [0.2, 0.25) is 5.95 Å². The number of rotatable bonds is 6. The SMILES string of the molecule is CC(C)c1c(CN(C)C)cnc2ccc(-c3nc(N[C@@H]4CCOC[C@H]4O)ncc3F)cc12. The van der Waals surface area contributed by atoms with Gasteiger partial charge in [-0.05, 0) is 49.7 Å². The topological polar surface area (TPSA) is 83.4 Å². The molecule has 2 aromatic heterocycles. The van der Waals surface area contributed by atoms with Crippen LogP contribution in [0.25, 0.3) is 22.2 Å². The zero-order chi connectivity index (χ0) is 22.8. The number of fused-ring (bicyclic) bond motifs is 1. The standard InChI is InChI=1S/C24H30FN5O2/c1-14(2)22-16(12-30(3)4)10-26-19-6-5-15(9-17(19)22)23-18(25)11-27-24(29-23)28-20-7-8-32-13-21(20)31/h5-6,9-11,14,20-21,31H,7-8,12-13H2,1-4H3,(H,27,28,29)/t20-,21-/m1/s1. The molecular weight excluding hydrogens is 409 g/mol. The quantitative estimate of drug-likeness (QED) is 0.607. The molecule has 1 fully saturated rings. The molecule has 3 aromatic rings.